The molecule has 3 aromatic carbocycles. The molecule has 322 valence electrons. The molecule has 0 saturated heterocycles. The van der Waals surface area contributed by atoms with E-state index in [0.717, 1.165) is 56.9 Å². The number of aliphatic hydroxyl groups is 1. The molecule has 0 radical (unpaired) electrons. The smallest absolute Gasteiger partial charge is 0.255 e. The molecule has 0 bridgehead atoms. The third kappa shape index (κ3) is 13.7. The fourth-order valence-corrected chi connectivity index (χ4v) is 7.29. The first-order valence-corrected chi connectivity index (χ1v) is 21.7. The summed E-state index contributed by atoms with van der Waals surface area (Å²) in [5, 5.41) is 16.4. The summed E-state index contributed by atoms with van der Waals surface area (Å²) in [4.78, 5) is 32.0. The fourth-order valence-electron chi connectivity index (χ4n) is 7.29. The van der Waals surface area contributed by atoms with Crippen molar-refractivity contribution in [1.29, 1.82) is 0 Å². The largest absolute Gasteiger partial charge is 0.490 e. The summed E-state index contributed by atoms with van der Waals surface area (Å²) in [6, 6.07) is 25.1. The van der Waals surface area contributed by atoms with Crippen LogP contribution in [0.2, 0.25) is 0 Å². The highest BCUT2D eigenvalue weighted by Gasteiger charge is 2.24. The Morgan fingerprint density at radius 1 is 0.767 bits per heavy atom. The molecule has 1 aromatic heterocycles. The van der Waals surface area contributed by atoms with Crippen LogP contribution in [0.4, 0.5) is 5.69 Å². The molecular formula is C49H63N3O8. The summed E-state index contributed by atoms with van der Waals surface area (Å²) in [6.07, 6.45) is 9.73. The number of ether oxygens (including phenoxy) is 5. The van der Waals surface area contributed by atoms with Crippen molar-refractivity contribution in [3.05, 3.63) is 113 Å². The molecule has 11 nitrogen and oxygen atoms in total. The number of fused-ring (bicyclic) bond motifs is 1. The van der Waals surface area contributed by atoms with E-state index >= 15 is 0 Å². The maximum absolute atomic E-state index is 13.7. The molecule has 0 aliphatic heterocycles. The van der Waals surface area contributed by atoms with Crippen molar-refractivity contribution in [2.24, 2.45) is 5.41 Å². The number of carbonyl (C=O) groups excluding carboxylic acids is 2. The molecule has 4 aromatic rings. The molecule has 1 saturated carbocycles. The van der Waals surface area contributed by atoms with E-state index in [9.17, 15) is 14.7 Å². The molecule has 1 heterocycles. The van der Waals surface area contributed by atoms with Gasteiger partial charge in [0.1, 0.15) is 5.75 Å². The Morgan fingerprint density at radius 2 is 1.48 bits per heavy atom. The number of aryl methyl sites for hydroxylation is 2. The van der Waals surface area contributed by atoms with E-state index < -0.39 is 0 Å². The number of anilines is 1. The Hall–Kier alpha value is -4.65. The number of nitrogens with one attached hydrogen (secondary N) is 2. The number of rotatable bonds is 23. The van der Waals surface area contributed by atoms with Crippen LogP contribution in [0.5, 0.6) is 5.75 Å². The van der Waals surface area contributed by atoms with E-state index in [1.807, 2.05) is 75.4 Å². The second-order valence-electron chi connectivity index (χ2n) is 16.8. The molecule has 2 atom stereocenters. The highest BCUT2D eigenvalue weighted by molar-refractivity contribution is 6.06. The van der Waals surface area contributed by atoms with E-state index in [1.165, 1.54) is 11.1 Å². The number of benzene rings is 3. The van der Waals surface area contributed by atoms with Gasteiger partial charge in [0.05, 0.1) is 69.3 Å². The van der Waals surface area contributed by atoms with Gasteiger partial charge >= 0.3 is 0 Å². The summed E-state index contributed by atoms with van der Waals surface area (Å²) in [5.74, 6) is 0.305. The molecular weight excluding hydrogens is 759 g/mol. The average Bonchev–Trinajstić information content (AvgIpc) is 3.23. The van der Waals surface area contributed by atoms with Gasteiger partial charge < -0.3 is 39.4 Å². The number of aromatic nitrogens is 1. The number of pyridine rings is 1. The maximum Gasteiger partial charge on any atom is 0.255 e. The molecule has 2 aliphatic rings. The van der Waals surface area contributed by atoms with Crippen LogP contribution in [-0.4, -0.2) is 87.0 Å². The van der Waals surface area contributed by atoms with Gasteiger partial charge in [-0.15, -0.1) is 0 Å². The Balaban J connectivity index is 0.957. The minimum absolute atomic E-state index is 0.0452. The first-order chi connectivity index (χ1) is 29.1. The van der Waals surface area contributed by atoms with Crippen LogP contribution in [0.3, 0.4) is 0 Å². The minimum Gasteiger partial charge on any atom is -0.490 e. The Kier molecular flexibility index (Phi) is 17.1. The van der Waals surface area contributed by atoms with Crippen LogP contribution >= 0.6 is 0 Å². The standard InChI is InChI=1S/C49H63N3O8/c1-49(2,3)46(53)22-25-57-27-29-59-31-30-58-28-26-56-24-9-11-35-10-6-14-37(32-35)47(54)52-44-20-19-40(60-39-15-8-16-39)34-42(44)45-33-38(21-23-50-45)48(55)51-43-18-7-13-36-12-4-5-17-41(36)43/h4-6,10,12,14,17,19-21,23,32-34,39,43,46,53H,7-9,11,13,15-16,18,22,24-31H2,1-3H3,(H,51,55)(H,52,54)/t43-,46?/m0/s1. The molecule has 60 heavy (non-hydrogen) atoms. The van der Waals surface area contributed by atoms with Gasteiger partial charge in [-0.25, -0.2) is 0 Å². The summed E-state index contributed by atoms with van der Waals surface area (Å²) in [7, 11) is 0. The lowest BCUT2D eigenvalue weighted by Gasteiger charge is -2.27. The first-order valence-electron chi connectivity index (χ1n) is 21.7. The lowest BCUT2D eigenvalue weighted by atomic mass is 9.87. The molecule has 6 rings (SSSR count). The second-order valence-corrected chi connectivity index (χ2v) is 16.8. The molecule has 1 unspecified atom stereocenters. The van der Waals surface area contributed by atoms with Crippen LogP contribution < -0.4 is 15.4 Å². The summed E-state index contributed by atoms with van der Waals surface area (Å²) >= 11 is 0. The van der Waals surface area contributed by atoms with Gasteiger partial charge in [-0.3, -0.25) is 14.6 Å². The average molecular weight is 822 g/mol. The van der Waals surface area contributed by atoms with E-state index in [1.54, 1.807) is 18.3 Å². The van der Waals surface area contributed by atoms with Gasteiger partial charge in [0.25, 0.3) is 11.8 Å². The SMILES string of the molecule is CC(C)(C)C(O)CCOCCOCCOCCOCCCc1cccc(C(=O)Nc2ccc(OC3CCC3)cc2-c2cc(C(=O)N[C@H]3CCCc4ccccc43)ccn2)c1. The van der Waals surface area contributed by atoms with Crippen molar-refractivity contribution >= 4 is 17.5 Å². The lowest BCUT2D eigenvalue weighted by Crippen LogP contribution is -2.31. The maximum atomic E-state index is 13.7. The first kappa shape index (κ1) is 44.9. The minimum atomic E-state index is -0.385. The zero-order chi connectivity index (χ0) is 42.2. The van der Waals surface area contributed by atoms with E-state index in [2.05, 4.69) is 27.8 Å². The van der Waals surface area contributed by atoms with Crippen molar-refractivity contribution in [3.63, 3.8) is 0 Å². The third-order valence-electron chi connectivity index (χ3n) is 11.2. The van der Waals surface area contributed by atoms with Crippen LogP contribution in [0.15, 0.2) is 85.1 Å². The molecule has 1 fully saturated rings. The van der Waals surface area contributed by atoms with Crippen molar-refractivity contribution in [2.75, 3.05) is 58.2 Å². The Labute approximate surface area is 355 Å². The number of aliphatic hydroxyl groups excluding tert-OH is 1. The molecule has 3 N–H and O–H groups in total. The van der Waals surface area contributed by atoms with Gasteiger partial charge in [0.15, 0.2) is 0 Å². The van der Waals surface area contributed by atoms with Gasteiger partial charge in [-0.05, 0) is 122 Å². The molecule has 0 spiro atoms. The van der Waals surface area contributed by atoms with Gasteiger partial charge in [-0.2, -0.15) is 0 Å². The molecule has 11 heteroatoms. The number of amides is 2. The van der Waals surface area contributed by atoms with Crippen LogP contribution in [0, 0.1) is 5.41 Å². The fraction of sp³-hybridized carbons (Fsp3) is 0.490. The van der Waals surface area contributed by atoms with Crippen molar-refractivity contribution in [3.8, 4) is 17.0 Å². The van der Waals surface area contributed by atoms with E-state index in [4.69, 9.17) is 23.7 Å². The second kappa shape index (κ2) is 22.8. The van der Waals surface area contributed by atoms with Crippen molar-refractivity contribution < 1.29 is 38.4 Å². The van der Waals surface area contributed by atoms with Crippen molar-refractivity contribution in [1.82, 2.24) is 10.3 Å². The predicted octanol–water partition coefficient (Wildman–Crippen LogP) is 8.54. The van der Waals surface area contributed by atoms with E-state index in [0.29, 0.717) is 93.1 Å². The van der Waals surface area contributed by atoms with E-state index in [-0.39, 0.29) is 35.5 Å². The number of carbonyl (C=O) groups is 2. The highest BCUT2D eigenvalue weighted by atomic mass is 16.6. The molecule has 2 aliphatic carbocycles. The Morgan fingerprint density at radius 3 is 2.22 bits per heavy atom. The van der Waals surface area contributed by atoms with Gasteiger partial charge in [0.2, 0.25) is 0 Å². The highest BCUT2D eigenvalue weighted by Crippen LogP contribution is 2.35. The van der Waals surface area contributed by atoms with Crippen molar-refractivity contribution in [2.45, 2.75) is 96.8 Å². The predicted molar refractivity (Wildman–Crippen MR) is 234 cm³/mol. The third-order valence-corrected chi connectivity index (χ3v) is 11.2. The quantitative estimate of drug-likeness (QED) is 0.0629. The topological polar surface area (TPSA) is 137 Å². The van der Waals surface area contributed by atoms with Gasteiger partial charge in [-0.1, -0.05) is 57.2 Å². The number of hydrogen-bond donors (Lipinski definition) is 3. The van der Waals surface area contributed by atoms with Gasteiger partial charge in [0, 0.05) is 36.1 Å². The normalized spacial score (nSPS) is 15.8. The summed E-state index contributed by atoms with van der Waals surface area (Å²) in [6.45, 7) is 10.1. The lowest BCUT2D eigenvalue weighted by molar-refractivity contribution is -0.0129. The monoisotopic (exact) mass is 821 g/mol. The number of nitrogens with zero attached hydrogens (tertiary/aromatic N) is 1. The summed E-state index contributed by atoms with van der Waals surface area (Å²) in [5.41, 5.74) is 6.24. The summed E-state index contributed by atoms with van der Waals surface area (Å²) < 4.78 is 28.7. The van der Waals surface area contributed by atoms with Crippen LogP contribution in [-0.2, 0) is 31.8 Å². The zero-order valence-corrected chi connectivity index (χ0v) is 35.6. The number of hydrogen-bond acceptors (Lipinski definition) is 9. The van der Waals surface area contributed by atoms with Crippen LogP contribution in [0.1, 0.15) is 109 Å². The van der Waals surface area contributed by atoms with Crippen LogP contribution in [0.25, 0.3) is 11.3 Å². The zero-order valence-electron chi connectivity index (χ0n) is 35.6. The Bertz CT molecular complexity index is 1980. The molecule has 2 amide bonds.